The molecule has 88 valence electrons. The van der Waals surface area contributed by atoms with Gasteiger partial charge in [0.25, 0.3) is 0 Å². The van der Waals surface area contributed by atoms with Crippen molar-refractivity contribution in [3.63, 3.8) is 0 Å². The molecule has 1 amide bonds. The fraction of sp³-hybridized carbons (Fsp3) is 0.417. The van der Waals surface area contributed by atoms with Crippen LogP contribution in [-0.2, 0) is 4.79 Å². The van der Waals surface area contributed by atoms with Crippen LogP contribution in [0.25, 0.3) is 0 Å². The summed E-state index contributed by atoms with van der Waals surface area (Å²) in [5.74, 6) is 0.379. The van der Waals surface area contributed by atoms with Gasteiger partial charge >= 0.3 is 0 Å². The van der Waals surface area contributed by atoms with E-state index >= 15 is 0 Å². The van der Waals surface area contributed by atoms with Gasteiger partial charge in [-0.25, -0.2) is 0 Å². The second kappa shape index (κ2) is 6.12. The molecule has 0 heterocycles. The van der Waals surface area contributed by atoms with E-state index in [1.807, 2.05) is 18.2 Å². The van der Waals surface area contributed by atoms with Crippen LogP contribution < -0.4 is 10.5 Å². The Bertz CT molecular complexity index is 352. The van der Waals surface area contributed by atoms with Gasteiger partial charge in [0.05, 0.1) is 13.2 Å². The number of methoxy groups -OCH3 is 1. The number of hydrogen-bond acceptors (Lipinski definition) is 3. The van der Waals surface area contributed by atoms with Gasteiger partial charge in [-0.15, -0.1) is 0 Å². The first kappa shape index (κ1) is 12.5. The number of aliphatic hydroxyl groups is 1. The standard InChI is InChI=1S/C12H17NO3/c1-16-10-5-2-4-9(8-10)11(14)6-3-7-12(13)15/h2,4-5,8,11,14H,3,6-7H2,1H3,(H2,13,15). The second-order valence-electron chi connectivity index (χ2n) is 3.65. The van der Waals surface area contributed by atoms with Crippen molar-refractivity contribution >= 4 is 5.91 Å². The Morgan fingerprint density at radius 3 is 2.94 bits per heavy atom. The Hall–Kier alpha value is -1.55. The molecule has 0 aliphatic carbocycles. The van der Waals surface area contributed by atoms with Gasteiger partial charge in [-0.2, -0.15) is 0 Å². The first-order valence-corrected chi connectivity index (χ1v) is 5.24. The summed E-state index contributed by atoms with van der Waals surface area (Å²) in [4.78, 5) is 10.5. The summed E-state index contributed by atoms with van der Waals surface area (Å²) < 4.78 is 5.06. The fourth-order valence-electron chi connectivity index (χ4n) is 1.49. The van der Waals surface area contributed by atoms with Gasteiger partial charge in [0.1, 0.15) is 5.75 Å². The molecule has 0 aliphatic rings. The zero-order valence-corrected chi connectivity index (χ0v) is 9.35. The quantitative estimate of drug-likeness (QED) is 0.765. The van der Waals surface area contributed by atoms with Crippen LogP contribution in [0.2, 0.25) is 0 Å². The van der Waals surface area contributed by atoms with E-state index in [0.717, 1.165) is 5.56 Å². The number of hydrogen-bond donors (Lipinski definition) is 2. The lowest BCUT2D eigenvalue weighted by Gasteiger charge is -2.11. The van der Waals surface area contributed by atoms with Gasteiger partial charge < -0.3 is 15.6 Å². The summed E-state index contributed by atoms with van der Waals surface area (Å²) in [6.07, 6.45) is 0.847. The van der Waals surface area contributed by atoms with E-state index in [9.17, 15) is 9.90 Å². The molecule has 0 saturated heterocycles. The van der Waals surface area contributed by atoms with Crippen molar-refractivity contribution in [2.45, 2.75) is 25.4 Å². The molecule has 4 nitrogen and oxygen atoms in total. The maximum Gasteiger partial charge on any atom is 0.217 e. The van der Waals surface area contributed by atoms with Crippen molar-refractivity contribution in [2.24, 2.45) is 5.73 Å². The van der Waals surface area contributed by atoms with Crippen molar-refractivity contribution in [3.8, 4) is 5.75 Å². The van der Waals surface area contributed by atoms with Crippen molar-refractivity contribution in [3.05, 3.63) is 29.8 Å². The molecular weight excluding hydrogens is 206 g/mol. The molecule has 1 aromatic rings. The third-order valence-electron chi connectivity index (χ3n) is 2.38. The first-order valence-electron chi connectivity index (χ1n) is 5.24. The minimum Gasteiger partial charge on any atom is -0.497 e. The highest BCUT2D eigenvalue weighted by Crippen LogP contribution is 2.22. The van der Waals surface area contributed by atoms with E-state index in [4.69, 9.17) is 10.5 Å². The van der Waals surface area contributed by atoms with Gasteiger partial charge in [-0.1, -0.05) is 12.1 Å². The third kappa shape index (κ3) is 3.90. The number of benzene rings is 1. The zero-order chi connectivity index (χ0) is 12.0. The van der Waals surface area contributed by atoms with Crippen LogP contribution in [0, 0.1) is 0 Å². The molecule has 3 N–H and O–H groups in total. The largest absolute Gasteiger partial charge is 0.497 e. The number of carbonyl (C=O) groups is 1. The SMILES string of the molecule is COc1cccc(C(O)CCCC(N)=O)c1. The van der Waals surface area contributed by atoms with Crippen LogP contribution >= 0.6 is 0 Å². The Labute approximate surface area is 95.0 Å². The van der Waals surface area contributed by atoms with E-state index in [1.54, 1.807) is 13.2 Å². The van der Waals surface area contributed by atoms with Crippen LogP contribution in [0.1, 0.15) is 30.9 Å². The van der Waals surface area contributed by atoms with Crippen molar-refractivity contribution in [2.75, 3.05) is 7.11 Å². The number of nitrogens with two attached hydrogens (primary N) is 1. The monoisotopic (exact) mass is 223 g/mol. The van der Waals surface area contributed by atoms with Crippen molar-refractivity contribution < 1.29 is 14.6 Å². The molecule has 16 heavy (non-hydrogen) atoms. The van der Waals surface area contributed by atoms with Crippen LogP contribution in [0.5, 0.6) is 5.75 Å². The smallest absolute Gasteiger partial charge is 0.217 e. The van der Waals surface area contributed by atoms with Gasteiger partial charge in [0, 0.05) is 6.42 Å². The molecule has 0 spiro atoms. The lowest BCUT2D eigenvalue weighted by atomic mass is 10.0. The second-order valence-corrected chi connectivity index (χ2v) is 3.65. The molecule has 1 unspecified atom stereocenters. The molecule has 0 bridgehead atoms. The van der Waals surface area contributed by atoms with Gasteiger partial charge in [0.2, 0.25) is 5.91 Å². The van der Waals surface area contributed by atoms with E-state index < -0.39 is 6.10 Å². The highest BCUT2D eigenvalue weighted by atomic mass is 16.5. The number of rotatable bonds is 6. The molecule has 4 heteroatoms. The Kier molecular flexibility index (Phi) is 4.79. The lowest BCUT2D eigenvalue weighted by Crippen LogP contribution is -2.10. The summed E-state index contributed by atoms with van der Waals surface area (Å²) in [5, 5.41) is 9.85. The summed E-state index contributed by atoms with van der Waals surface area (Å²) in [6.45, 7) is 0. The maximum absolute atomic E-state index is 10.5. The fourth-order valence-corrected chi connectivity index (χ4v) is 1.49. The van der Waals surface area contributed by atoms with Crippen molar-refractivity contribution in [1.82, 2.24) is 0 Å². The van der Waals surface area contributed by atoms with Crippen LogP contribution in [0.4, 0.5) is 0 Å². The van der Waals surface area contributed by atoms with Crippen LogP contribution in [0.15, 0.2) is 24.3 Å². The predicted molar refractivity (Wildman–Crippen MR) is 61.0 cm³/mol. The van der Waals surface area contributed by atoms with Gasteiger partial charge in [-0.3, -0.25) is 4.79 Å². The van der Waals surface area contributed by atoms with Crippen molar-refractivity contribution in [1.29, 1.82) is 0 Å². The number of amides is 1. The minimum absolute atomic E-state index is 0.307. The van der Waals surface area contributed by atoms with E-state index in [-0.39, 0.29) is 5.91 Å². The van der Waals surface area contributed by atoms with Crippen LogP contribution in [0.3, 0.4) is 0 Å². The topological polar surface area (TPSA) is 72.6 Å². The molecule has 1 atom stereocenters. The molecule has 0 fully saturated rings. The third-order valence-corrected chi connectivity index (χ3v) is 2.38. The molecule has 0 aromatic heterocycles. The highest BCUT2D eigenvalue weighted by Gasteiger charge is 2.08. The average Bonchev–Trinajstić information content (AvgIpc) is 2.28. The van der Waals surface area contributed by atoms with Gasteiger partial charge in [0.15, 0.2) is 0 Å². The Balaban J connectivity index is 2.51. The Morgan fingerprint density at radius 1 is 1.56 bits per heavy atom. The maximum atomic E-state index is 10.5. The molecule has 1 rings (SSSR count). The number of ether oxygens (including phenoxy) is 1. The lowest BCUT2D eigenvalue weighted by molar-refractivity contribution is -0.118. The number of aliphatic hydroxyl groups excluding tert-OH is 1. The molecular formula is C12H17NO3. The molecule has 0 radical (unpaired) electrons. The summed E-state index contributed by atoms with van der Waals surface area (Å²) in [7, 11) is 1.58. The zero-order valence-electron chi connectivity index (χ0n) is 9.35. The predicted octanol–water partition coefficient (Wildman–Crippen LogP) is 1.38. The average molecular weight is 223 g/mol. The summed E-state index contributed by atoms with van der Waals surface area (Å²) >= 11 is 0. The Morgan fingerprint density at radius 2 is 2.31 bits per heavy atom. The van der Waals surface area contributed by atoms with E-state index in [0.29, 0.717) is 25.0 Å². The van der Waals surface area contributed by atoms with E-state index in [2.05, 4.69) is 0 Å². The molecule has 1 aromatic carbocycles. The molecule has 0 aliphatic heterocycles. The first-order chi connectivity index (χ1) is 7.63. The molecule has 0 saturated carbocycles. The minimum atomic E-state index is -0.575. The van der Waals surface area contributed by atoms with Crippen LogP contribution in [-0.4, -0.2) is 18.1 Å². The number of primary amides is 1. The highest BCUT2D eigenvalue weighted by molar-refractivity contribution is 5.73. The van der Waals surface area contributed by atoms with Gasteiger partial charge in [-0.05, 0) is 30.5 Å². The van der Waals surface area contributed by atoms with E-state index in [1.165, 1.54) is 0 Å². The summed E-state index contributed by atoms with van der Waals surface area (Å²) in [5.41, 5.74) is 5.82. The summed E-state index contributed by atoms with van der Waals surface area (Å²) in [6, 6.07) is 7.26. The number of carbonyl (C=O) groups excluding carboxylic acids is 1. The normalized spacial score (nSPS) is 12.1.